The third-order valence-electron chi connectivity index (χ3n) is 5.34. The van der Waals surface area contributed by atoms with Crippen molar-refractivity contribution in [3.8, 4) is 17.1 Å². The zero-order valence-corrected chi connectivity index (χ0v) is 17.6. The molecule has 0 radical (unpaired) electrons. The zero-order valence-electron chi connectivity index (χ0n) is 17.6. The Morgan fingerprint density at radius 1 is 0.968 bits per heavy atom. The first-order chi connectivity index (χ1) is 14.8. The average Bonchev–Trinajstić information content (AvgIpc) is 2.75. The molecule has 4 rings (SSSR count). The van der Waals surface area contributed by atoms with E-state index in [0.717, 1.165) is 22.3 Å². The minimum atomic E-state index is -1.02. The van der Waals surface area contributed by atoms with Crippen molar-refractivity contribution in [3.05, 3.63) is 98.7 Å². The minimum absolute atomic E-state index is 0.0427. The number of benzene rings is 3. The lowest BCUT2D eigenvalue weighted by molar-refractivity contribution is 0.0696. The predicted octanol–water partition coefficient (Wildman–Crippen LogP) is 5.66. The molecule has 5 nitrogen and oxygen atoms in total. The summed E-state index contributed by atoms with van der Waals surface area (Å²) in [5.74, 6) is -0.547. The maximum absolute atomic E-state index is 13.4. The lowest BCUT2D eigenvalue weighted by atomic mass is 10.0. The van der Waals surface area contributed by atoms with Gasteiger partial charge in [0.2, 0.25) is 11.2 Å². The van der Waals surface area contributed by atoms with Crippen molar-refractivity contribution in [2.24, 2.45) is 0 Å². The SMILES string of the molecule is Cc1ccc(-c2oc3cc(C)c(C)cc3c(=O)c2OCc2cccc(C(=O)O)c2)cc1. The van der Waals surface area contributed by atoms with Crippen LogP contribution in [0.1, 0.15) is 32.6 Å². The van der Waals surface area contributed by atoms with Gasteiger partial charge in [0.1, 0.15) is 12.2 Å². The van der Waals surface area contributed by atoms with Crippen molar-refractivity contribution in [2.45, 2.75) is 27.4 Å². The van der Waals surface area contributed by atoms with Gasteiger partial charge in [-0.25, -0.2) is 4.79 Å². The highest BCUT2D eigenvalue weighted by Gasteiger charge is 2.19. The molecule has 5 heteroatoms. The number of carbonyl (C=O) groups is 1. The number of aromatic carboxylic acids is 1. The molecule has 3 aromatic carbocycles. The van der Waals surface area contributed by atoms with Crippen molar-refractivity contribution < 1.29 is 19.1 Å². The summed E-state index contributed by atoms with van der Waals surface area (Å²) < 4.78 is 12.1. The Kier molecular flexibility index (Phi) is 5.34. The molecule has 31 heavy (non-hydrogen) atoms. The summed E-state index contributed by atoms with van der Waals surface area (Å²) >= 11 is 0. The van der Waals surface area contributed by atoms with E-state index in [9.17, 15) is 14.7 Å². The molecule has 156 valence electrons. The van der Waals surface area contributed by atoms with E-state index in [-0.39, 0.29) is 23.3 Å². The van der Waals surface area contributed by atoms with E-state index in [0.29, 0.717) is 22.3 Å². The molecule has 0 aliphatic heterocycles. The fraction of sp³-hybridized carbons (Fsp3) is 0.154. The second kappa shape index (κ2) is 8.11. The van der Waals surface area contributed by atoms with Crippen LogP contribution in [-0.4, -0.2) is 11.1 Å². The number of aryl methyl sites for hydroxylation is 3. The topological polar surface area (TPSA) is 76.7 Å². The normalized spacial score (nSPS) is 10.9. The van der Waals surface area contributed by atoms with Gasteiger partial charge in [-0.2, -0.15) is 0 Å². The van der Waals surface area contributed by atoms with Gasteiger partial charge in [0, 0.05) is 5.56 Å². The molecule has 0 fully saturated rings. The van der Waals surface area contributed by atoms with E-state index >= 15 is 0 Å². The van der Waals surface area contributed by atoms with Crippen LogP contribution in [-0.2, 0) is 6.61 Å². The first kappa shape index (κ1) is 20.4. The highest BCUT2D eigenvalue weighted by molar-refractivity contribution is 5.87. The van der Waals surface area contributed by atoms with Crippen LogP contribution in [0.3, 0.4) is 0 Å². The number of hydrogen-bond acceptors (Lipinski definition) is 4. The van der Waals surface area contributed by atoms with Crippen molar-refractivity contribution >= 4 is 16.9 Å². The first-order valence-electron chi connectivity index (χ1n) is 9.93. The first-order valence-corrected chi connectivity index (χ1v) is 9.93. The maximum Gasteiger partial charge on any atom is 0.335 e. The van der Waals surface area contributed by atoms with Gasteiger partial charge in [-0.3, -0.25) is 4.79 Å². The van der Waals surface area contributed by atoms with Gasteiger partial charge in [0.05, 0.1) is 10.9 Å². The second-order valence-electron chi connectivity index (χ2n) is 7.68. The van der Waals surface area contributed by atoms with E-state index in [1.807, 2.05) is 57.2 Å². The largest absolute Gasteiger partial charge is 0.481 e. The molecule has 1 heterocycles. The van der Waals surface area contributed by atoms with Crippen molar-refractivity contribution in [1.82, 2.24) is 0 Å². The zero-order chi connectivity index (χ0) is 22.1. The van der Waals surface area contributed by atoms with E-state index in [2.05, 4.69) is 0 Å². The Morgan fingerprint density at radius 3 is 2.39 bits per heavy atom. The lowest BCUT2D eigenvalue weighted by Crippen LogP contribution is -2.11. The van der Waals surface area contributed by atoms with E-state index < -0.39 is 5.97 Å². The molecular weight excluding hydrogens is 392 g/mol. The molecule has 1 aromatic heterocycles. The Hall–Kier alpha value is -3.86. The summed E-state index contributed by atoms with van der Waals surface area (Å²) in [6.07, 6.45) is 0. The molecule has 0 saturated carbocycles. The van der Waals surface area contributed by atoms with Crippen molar-refractivity contribution in [3.63, 3.8) is 0 Å². The number of rotatable bonds is 5. The number of ether oxygens (including phenoxy) is 1. The molecule has 1 N–H and O–H groups in total. The van der Waals surface area contributed by atoms with Gasteiger partial charge >= 0.3 is 5.97 Å². The number of hydrogen-bond donors (Lipinski definition) is 1. The Labute approximate surface area is 179 Å². The molecule has 0 aliphatic carbocycles. The molecule has 0 atom stereocenters. The van der Waals surface area contributed by atoms with Crippen LogP contribution in [0.5, 0.6) is 5.75 Å². The van der Waals surface area contributed by atoms with Crippen LogP contribution >= 0.6 is 0 Å². The van der Waals surface area contributed by atoms with Crippen LogP contribution in [0.2, 0.25) is 0 Å². The Morgan fingerprint density at radius 2 is 1.68 bits per heavy atom. The average molecular weight is 414 g/mol. The predicted molar refractivity (Wildman–Crippen MR) is 120 cm³/mol. The smallest absolute Gasteiger partial charge is 0.335 e. The maximum atomic E-state index is 13.4. The summed E-state index contributed by atoms with van der Waals surface area (Å²) in [6.45, 7) is 5.95. The lowest BCUT2D eigenvalue weighted by Gasteiger charge is -2.13. The van der Waals surface area contributed by atoms with Gasteiger partial charge in [-0.05, 0) is 61.7 Å². The van der Waals surface area contributed by atoms with Gasteiger partial charge < -0.3 is 14.3 Å². The molecule has 0 aliphatic rings. The molecule has 0 saturated heterocycles. The number of carboxylic acids is 1. The standard InChI is InChI=1S/C26H22O5/c1-15-7-9-19(10-8-15)24-25(30-14-18-5-4-6-20(13-18)26(28)29)23(27)21-11-16(2)17(3)12-22(21)31-24/h4-13H,14H2,1-3H3,(H,28,29). The summed E-state index contributed by atoms with van der Waals surface area (Å²) in [5.41, 5.74) is 4.90. The highest BCUT2D eigenvalue weighted by Crippen LogP contribution is 2.32. The summed E-state index contributed by atoms with van der Waals surface area (Å²) in [5, 5.41) is 9.67. The van der Waals surface area contributed by atoms with E-state index in [1.54, 1.807) is 12.1 Å². The fourth-order valence-corrected chi connectivity index (χ4v) is 3.41. The molecular formula is C26H22O5. The Bertz CT molecular complexity index is 1350. The second-order valence-corrected chi connectivity index (χ2v) is 7.68. The monoisotopic (exact) mass is 414 g/mol. The van der Waals surface area contributed by atoms with Crippen molar-refractivity contribution in [1.29, 1.82) is 0 Å². The van der Waals surface area contributed by atoms with Crippen LogP contribution in [0, 0.1) is 20.8 Å². The van der Waals surface area contributed by atoms with Gasteiger partial charge in [-0.1, -0.05) is 42.0 Å². The third kappa shape index (κ3) is 4.08. The third-order valence-corrected chi connectivity index (χ3v) is 5.34. The number of carboxylic acid groups (broad SMARTS) is 1. The van der Waals surface area contributed by atoms with Crippen LogP contribution in [0.15, 0.2) is 69.9 Å². The molecule has 0 spiro atoms. The van der Waals surface area contributed by atoms with Crippen LogP contribution in [0.4, 0.5) is 0 Å². The molecule has 4 aromatic rings. The van der Waals surface area contributed by atoms with Crippen molar-refractivity contribution in [2.75, 3.05) is 0 Å². The fourth-order valence-electron chi connectivity index (χ4n) is 3.41. The van der Waals surface area contributed by atoms with Gasteiger partial charge in [0.25, 0.3) is 0 Å². The quantitative estimate of drug-likeness (QED) is 0.456. The van der Waals surface area contributed by atoms with E-state index in [1.165, 1.54) is 12.1 Å². The van der Waals surface area contributed by atoms with Crippen LogP contribution in [0.25, 0.3) is 22.3 Å². The van der Waals surface area contributed by atoms with E-state index in [4.69, 9.17) is 9.15 Å². The summed E-state index contributed by atoms with van der Waals surface area (Å²) in [7, 11) is 0. The summed E-state index contributed by atoms with van der Waals surface area (Å²) in [6, 6.07) is 17.8. The van der Waals surface area contributed by atoms with Crippen LogP contribution < -0.4 is 10.2 Å². The molecule has 0 bridgehead atoms. The summed E-state index contributed by atoms with van der Waals surface area (Å²) in [4.78, 5) is 24.6. The highest BCUT2D eigenvalue weighted by atomic mass is 16.5. The Balaban J connectivity index is 1.84. The number of fused-ring (bicyclic) bond motifs is 1. The molecule has 0 unspecified atom stereocenters. The molecule has 0 amide bonds. The van der Waals surface area contributed by atoms with Gasteiger partial charge in [0.15, 0.2) is 5.76 Å². The minimum Gasteiger partial charge on any atom is -0.481 e. The van der Waals surface area contributed by atoms with Gasteiger partial charge in [-0.15, -0.1) is 0 Å².